The van der Waals surface area contributed by atoms with Crippen molar-refractivity contribution in [3.8, 4) is 0 Å². The Morgan fingerprint density at radius 1 is 0.690 bits per heavy atom. The van der Waals surface area contributed by atoms with E-state index in [4.69, 9.17) is 0 Å². The summed E-state index contributed by atoms with van der Waals surface area (Å²) in [7, 11) is 0. The van der Waals surface area contributed by atoms with Crippen LogP contribution in [0, 0.1) is 0 Å². The van der Waals surface area contributed by atoms with Gasteiger partial charge in [0.2, 0.25) is 0 Å². The van der Waals surface area contributed by atoms with Crippen molar-refractivity contribution in [2.75, 3.05) is 0 Å². The van der Waals surface area contributed by atoms with Crippen LogP contribution in [-0.4, -0.2) is 34.9 Å². The first-order valence-corrected chi connectivity index (χ1v) is 9.65. The van der Waals surface area contributed by atoms with Crippen LogP contribution in [0.3, 0.4) is 0 Å². The minimum Gasteiger partial charge on any atom is -0.258 e. The van der Waals surface area contributed by atoms with Crippen molar-refractivity contribution in [3.63, 3.8) is 0 Å². The molecule has 0 aliphatic carbocycles. The largest absolute Gasteiger partial charge is 0.258 e. The highest BCUT2D eigenvalue weighted by Crippen LogP contribution is 2.23. The maximum absolute atomic E-state index is 4.38. The minimum atomic E-state index is 0.155. The molecule has 0 radical (unpaired) electrons. The number of para-hydroxylation sites is 2. The van der Waals surface area contributed by atoms with Gasteiger partial charge in [-0.2, -0.15) is 0 Å². The molecule has 1 atom stereocenters. The minimum absolute atomic E-state index is 0.155. The maximum Gasteiger partial charge on any atom is 0.113 e. The zero-order chi connectivity index (χ0) is 19.6. The molecule has 2 heterocycles. The van der Waals surface area contributed by atoms with Crippen LogP contribution < -0.4 is 0 Å². The zero-order valence-corrected chi connectivity index (χ0v) is 16.1. The van der Waals surface area contributed by atoms with Crippen molar-refractivity contribution in [2.24, 2.45) is 0 Å². The third-order valence-corrected chi connectivity index (χ3v) is 5.30. The molecule has 0 amide bonds. The Bertz CT molecular complexity index is 1170. The first kappa shape index (κ1) is 17.5. The van der Waals surface area contributed by atoms with Crippen molar-refractivity contribution in [1.82, 2.24) is 34.9 Å². The fourth-order valence-corrected chi connectivity index (χ4v) is 3.62. The molecule has 7 heteroatoms. The highest BCUT2D eigenvalue weighted by molar-refractivity contribution is 5.74. The topological polar surface area (TPSA) is 64.7 Å². The Balaban J connectivity index is 1.52. The highest BCUT2D eigenvalue weighted by atomic mass is 15.5. The van der Waals surface area contributed by atoms with Crippen molar-refractivity contribution in [1.29, 1.82) is 0 Å². The van der Waals surface area contributed by atoms with E-state index in [1.165, 1.54) is 5.56 Å². The summed E-state index contributed by atoms with van der Waals surface area (Å²) in [5.74, 6) is 0. The van der Waals surface area contributed by atoms with Crippen LogP contribution in [0.4, 0.5) is 0 Å². The van der Waals surface area contributed by atoms with Crippen LogP contribution in [0.15, 0.2) is 78.9 Å². The summed E-state index contributed by atoms with van der Waals surface area (Å²) in [5, 5.41) is 17.4. The lowest BCUT2D eigenvalue weighted by Crippen LogP contribution is -2.32. The Labute approximate surface area is 168 Å². The molecule has 0 fully saturated rings. The summed E-state index contributed by atoms with van der Waals surface area (Å²) in [6, 6.07) is 26.7. The molecule has 5 aromatic rings. The van der Waals surface area contributed by atoms with Gasteiger partial charge >= 0.3 is 0 Å². The van der Waals surface area contributed by atoms with E-state index in [0.717, 1.165) is 22.1 Å². The Kier molecular flexibility index (Phi) is 4.50. The molecule has 144 valence electrons. The summed E-state index contributed by atoms with van der Waals surface area (Å²) < 4.78 is 3.88. The number of benzene rings is 3. The van der Waals surface area contributed by atoms with E-state index >= 15 is 0 Å². The average molecular weight is 383 g/mol. The van der Waals surface area contributed by atoms with Gasteiger partial charge in [-0.05, 0) is 36.8 Å². The number of aromatic nitrogens is 6. The van der Waals surface area contributed by atoms with Crippen LogP contribution in [0.25, 0.3) is 22.1 Å². The molecule has 0 saturated carbocycles. The van der Waals surface area contributed by atoms with Gasteiger partial charge in [-0.1, -0.05) is 65.0 Å². The lowest BCUT2D eigenvalue weighted by atomic mass is 10.1. The van der Waals surface area contributed by atoms with Gasteiger partial charge in [0.25, 0.3) is 0 Å². The van der Waals surface area contributed by atoms with Gasteiger partial charge in [0.15, 0.2) is 0 Å². The predicted octanol–water partition coefficient (Wildman–Crippen LogP) is 3.85. The summed E-state index contributed by atoms with van der Waals surface area (Å²) in [6.07, 6.45) is 0. The molecular weight excluding hydrogens is 362 g/mol. The Hall–Kier alpha value is -3.58. The van der Waals surface area contributed by atoms with Gasteiger partial charge in [-0.15, -0.1) is 10.2 Å². The molecule has 0 N–H and O–H groups in total. The predicted molar refractivity (Wildman–Crippen MR) is 112 cm³/mol. The lowest BCUT2D eigenvalue weighted by molar-refractivity contribution is 0.108. The average Bonchev–Trinajstić information content (AvgIpc) is 3.38. The fourth-order valence-electron chi connectivity index (χ4n) is 3.62. The van der Waals surface area contributed by atoms with Crippen molar-refractivity contribution in [2.45, 2.75) is 26.3 Å². The van der Waals surface area contributed by atoms with Crippen molar-refractivity contribution < 1.29 is 0 Å². The standard InChI is InChI=1S/C22H21N7/c1-17(18-9-3-2-4-10-18)27(15-28-21-13-7-5-11-19(21)23-25-28)16-29-22-14-8-6-12-20(22)24-26-29/h2-14,17H,15-16H2,1H3/t17-/m1/s1. The van der Waals surface area contributed by atoms with E-state index in [2.05, 4.69) is 56.7 Å². The highest BCUT2D eigenvalue weighted by Gasteiger charge is 2.19. The van der Waals surface area contributed by atoms with E-state index < -0.39 is 0 Å². The normalized spacial score (nSPS) is 12.8. The molecule has 29 heavy (non-hydrogen) atoms. The number of rotatable bonds is 6. The monoisotopic (exact) mass is 383 g/mol. The van der Waals surface area contributed by atoms with Crippen LogP contribution in [0.1, 0.15) is 18.5 Å². The first-order valence-electron chi connectivity index (χ1n) is 9.65. The van der Waals surface area contributed by atoms with E-state index in [1.807, 2.05) is 64.0 Å². The van der Waals surface area contributed by atoms with E-state index in [-0.39, 0.29) is 6.04 Å². The number of nitrogens with zero attached hydrogens (tertiary/aromatic N) is 7. The summed E-state index contributed by atoms with van der Waals surface area (Å²) in [5.41, 5.74) is 5.06. The molecule has 7 nitrogen and oxygen atoms in total. The Morgan fingerprint density at radius 3 is 1.72 bits per heavy atom. The van der Waals surface area contributed by atoms with Crippen molar-refractivity contribution in [3.05, 3.63) is 84.4 Å². The number of hydrogen-bond donors (Lipinski definition) is 0. The van der Waals surface area contributed by atoms with Crippen LogP contribution >= 0.6 is 0 Å². The molecule has 0 unspecified atom stereocenters. The molecule has 0 saturated heterocycles. The molecular formula is C22H21N7. The number of hydrogen-bond acceptors (Lipinski definition) is 5. The molecule has 0 bridgehead atoms. The second kappa shape index (κ2) is 7.44. The second-order valence-corrected chi connectivity index (χ2v) is 7.11. The zero-order valence-electron chi connectivity index (χ0n) is 16.1. The Morgan fingerprint density at radius 2 is 1.17 bits per heavy atom. The maximum atomic E-state index is 4.38. The van der Waals surface area contributed by atoms with E-state index in [0.29, 0.717) is 13.3 Å². The number of fused-ring (bicyclic) bond motifs is 2. The van der Waals surface area contributed by atoms with E-state index in [1.54, 1.807) is 0 Å². The van der Waals surface area contributed by atoms with Crippen LogP contribution in [-0.2, 0) is 13.3 Å². The second-order valence-electron chi connectivity index (χ2n) is 7.11. The van der Waals surface area contributed by atoms with Crippen LogP contribution in [0.5, 0.6) is 0 Å². The molecule has 0 aliphatic rings. The van der Waals surface area contributed by atoms with Gasteiger partial charge in [0.05, 0.1) is 24.4 Å². The van der Waals surface area contributed by atoms with Crippen molar-refractivity contribution >= 4 is 22.1 Å². The van der Waals surface area contributed by atoms with E-state index in [9.17, 15) is 0 Å². The SMILES string of the molecule is C[C@H](c1ccccc1)N(Cn1nnc2ccccc21)Cn1nnc2ccccc21. The lowest BCUT2D eigenvalue weighted by Gasteiger charge is -2.29. The van der Waals surface area contributed by atoms with Gasteiger partial charge in [-0.3, -0.25) is 4.90 Å². The van der Waals surface area contributed by atoms with Gasteiger partial charge in [0, 0.05) is 6.04 Å². The van der Waals surface area contributed by atoms with Gasteiger partial charge in [0.1, 0.15) is 11.0 Å². The first-order chi connectivity index (χ1) is 14.3. The molecule has 2 aromatic heterocycles. The quantitative estimate of drug-likeness (QED) is 0.446. The fraction of sp³-hybridized carbons (Fsp3) is 0.182. The molecule has 5 rings (SSSR count). The molecule has 0 aliphatic heterocycles. The summed E-state index contributed by atoms with van der Waals surface area (Å²) in [4.78, 5) is 2.32. The van der Waals surface area contributed by atoms with Crippen LogP contribution in [0.2, 0.25) is 0 Å². The van der Waals surface area contributed by atoms with Gasteiger partial charge < -0.3 is 0 Å². The van der Waals surface area contributed by atoms with Gasteiger partial charge in [-0.25, -0.2) is 9.36 Å². The molecule has 3 aromatic carbocycles. The third kappa shape index (κ3) is 3.36. The summed E-state index contributed by atoms with van der Waals surface area (Å²) >= 11 is 0. The summed E-state index contributed by atoms with van der Waals surface area (Å²) in [6.45, 7) is 3.38. The molecule has 0 spiro atoms. The smallest absolute Gasteiger partial charge is 0.113 e. The third-order valence-electron chi connectivity index (χ3n) is 5.30.